The average molecular weight is 363 g/mol. The van der Waals surface area contributed by atoms with Gasteiger partial charge in [0, 0.05) is 0 Å². The predicted molar refractivity (Wildman–Crippen MR) is 73.5 cm³/mol. The van der Waals surface area contributed by atoms with Gasteiger partial charge in [-0.3, -0.25) is 0 Å². The summed E-state index contributed by atoms with van der Waals surface area (Å²) in [6.07, 6.45) is 2.91. The average Bonchev–Trinajstić information content (AvgIpc) is 3.32. The topological polar surface area (TPSA) is 17.1 Å². The SMILES string of the molecule is CC[C]12[CH]3[C]4(C(C)=O)[CH]5[C]1(CC)[Fe]35421678[CH]2[CH]1[CH]6[C]7(Br)[CH]28. The first-order chi connectivity index (χ1) is 8.77. The van der Waals surface area contributed by atoms with Gasteiger partial charge in [-0.1, -0.05) is 0 Å². The molecule has 1 nitrogen and oxygen atoms in total. The molecule has 10 aliphatic rings. The molecule has 0 N–H and O–H groups in total. The zero-order chi connectivity index (χ0) is 12.8. The Hall–Kier alpha value is 0.669. The molecule has 0 aromatic rings. The second kappa shape index (κ2) is 0.679. The van der Waals surface area contributed by atoms with Gasteiger partial charge in [0.05, 0.1) is 0 Å². The summed E-state index contributed by atoms with van der Waals surface area (Å²) in [6.45, 7) is 3.38. The molecule has 3 heteroatoms. The molecule has 10 saturated heterocycles. The van der Waals surface area contributed by atoms with E-state index in [1.165, 1.54) is 22.5 Å². The Kier molecular flexibility index (Phi) is 0.298. The van der Waals surface area contributed by atoms with Crippen molar-refractivity contribution in [3.05, 3.63) is 0 Å². The van der Waals surface area contributed by atoms with Crippen molar-refractivity contribution in [2.45, 2.75) is 78.7 Å². The van der Waals surface area contributed by atoms with Crippen molar-refractivity contribution < 1.29 is 11.3 Å². The zero-order valence-electron chi connectivity index (χ0n) is 11.5. The van der Waals surface area contributed by atoms with Crippen molar-refractivity contribution in [1.82, 2.24) is 0 Å². The second-order valence-electron chi connectivity index (χ2n) is 11.4. The monoisotopic (exact) mass is 362 g/mol. The van der Waals surface area contributed by atoms with Crippen LogP contribution < -0.4 is 0 Å². The number of Topliss-reactive ketones (excluding diaryl/α,β-unsaturated/α-hetero) is 1. The van der Waals surface area contributed by atoms with Crippen LogP contribution in [0, 0.1) is 0 Å². The summed E-state index contributed by atoms with van der Waals surface area (Å²) in [7, 11) is 0. The van der Waals surface area contributed by atoms with E-state index in [-0.39, 0.29) is 0 Å². The second-order valence-corrected chi connectivity index (χ2v) is 36.2. The van der Waals surface area contributed by atoms with E-state index in [1.54, 1.807) is 0 Å². The predicted octanol–water partition coefficient (Wildman–Crippen LogP) is 5.20. The molecule has 0 amide bonds. The van der Waals surface area contributed by atoms with Crippen LogP contribution in [0.2, 0.25) is 41.8 Å². The molecule has 0 bridgehead atoms. The van der Waals surface area contributed by atoms with Gasteiger partial charge in [-0.05, 0) is 0 Å². The van der Waals surface area contributed by atoms with Crippen LogP contribution in [-0.2, 0) is 11.3 Å². The Balaban J connectivity index is 1.74. The summed E-state index contributed by atoms with van der Waals surface area (Å²) in [4.78, 5) is 19.6. The van der Waals surface area contributed by atoms with Gasteiger partial charge in [-0.15, -0.1) is 0 Å². The van der Waals surface area contributed by atoms with Gasteiger partial charge in [0.15, 0.2) is 0 Å². The van der Waals surface area contributed by atoms with E-state index in [4.69, 9.17) is 0 Å². The molecular weight excluding hydrogens is 344 g/mol. The van der Waals surface area contributed by atoms with Crippen molar-refractivity contribution in [3.8, 4) is 0 Å². The first-order valence-electron chi connectivity index (χ1n) is 8.18. The van der Waals surface area contributed by atoms with Crippen LogP contribution in [0.4, 0.5) is 0 Å². The normalized spacial score (nSPS) is 120. The van der Waals surface area contributed by atoms with Crippen LogP contribution in [-0.4, -0.2) is 9.01 Å². The third kappa shape index (κ3) is 0.0735. The van der Waals surface area contributed by atoms with Gasteiger partial charge < -0.3 is 0 Å². The summed E-state index contributed by atoms with van der Waals surface area (Å²) >= 11 is 4.44. The third-order valence-corrected chi connectivity index (χ3v) is 69.2. The minimum absolute atomic E-state index is 0.397. The fraction of sp³-hybridized carbons (Fsp3) is 0.938. The molecule has 8 unspecified atom stereocenters. The molecule has 1 spiro atoms. The number of carbonyl (C=O) groups excluding carboxylic acids is 1. The molecule has 104 valence electrons. The van der Waals surface area contributed by atoms with E-state index in [9.17, 15) is 4.79 Å². The van der Waals surface area contributed by atoms with Gasteiger partial charge in [-0.2, -0.15) is 0 Å². The maximum atomic E-state index is 12.9. The van der Waals surface area contributed by atoms with Crippen molar-refractivity contribution >= 4 is 21.7 Å². The molecule has 10 fully saturated rings. The molecule has 10 rings (SSSR count). The summed E-state index contributed by atoms with van der Waals surface area (Å²) < 4.78 is 2.69. The number of carbonyl (C=O) groups is 1. The van der Waals surface area contributed by atoms with Crippen LogP contribution in [0.15, 0.2) is 0 Å². The maximum absolute atomic E-state index is 12.9. The Morgan fingerprint density at radius 1 is 1.11 bits per heavy atom. The van der Waals surface area contributed by atoms with Gasteiger partial charge in [-0.25, -0.2) is 0 Å². The summed E-state index contributed by atoms with van der Waals surface area (Å²) in [6, 6.07) is 0. The van der Waals surface area contributed by atoms with Crippen molar-refractivity contribution in [2.24, 2.45) is 0 Å². The fourth-order valence-corrected chi connectivity index (χ4v) is 116. The molecule has 0 aromatic carbocycles. The summed E-state index contributed by atoms with van der Waals surface area (Å²) in [5.74, 6) is 0.693. The number of ketones is 1. The number of hydrogen-bond donors (Lipinski definition) is 0. The van der Waals surface area contributed by atoms with Gasteiger partial charge in [0.1, 0.15) is 0 Å². The first-order valence-corrected chi connectivity index (χ1v) is 15.0. The van der Waals surface area contributed by atoms with Gasteiger partial charge >= 0.3 is 112 Å². The third-order valence-electron chi connectivity index (χ3n) is 17.1. The Morgan fingerprint density at radius 3 is 1.79 bits per heavy atom. The van der Waals surface area contributed by atoms with E-state index in [0.29, 0.717) is 13.3 Å². The van der Waals surface area contributed by atoms with E-state index in [0.717, 1.165) is 27.9 Å². The van der Waals surface area contributed by atoms with Crippen molar-refractivity contribution in [3.63, 3.8) is 0 Å². The Labute approximate surface area is 111 Å². The molecular formula is C16H19BrFeO. The van der Waals surface area contributed by atoms with Crippen LogP contribution in [0.1, 0.15) is 33.6 Å². The molecule has 10 heterocycles. The number of alkyl halides is 1. The Bertz CT molecular complexity index is 1160. The van der Waals surface area contributed by atoms with Crippen LogP contribution in [0.5, 0.6) is 0 Å². The molecule has 0 aromatic heterocycles. The Morgan fingerprint density at radius 2 is 1.58 bits per heavy atom. The summed E-state index contributed by atoms with van der Waals surface area (Å²) in [5.41, 5.74) is 0. The summed E-state index contributed by atoms with van der Waals surface area (Å²) in [5, 5.41) is 0. The van der Waals surface area contributed by atoms with E-state index in [1.807, 2.05) is 6.92 Å². The molecule has 0 radical (unpaired) electrons. The van der Waals surface area contributed by atoms with E-state index in [2.05, 4.69) is 29.8 Å². The quantitative estimate of drug-likeness (QED) is 0.498. The minimum atomic E-state index is -3.63. The molecule has 8 atom stereocenters. The van der Waals surface area contributed by atoms with Crippen LogP contribution in [0.25, 0.3) is 0 Å². The van der Waals surface area contributed by atoms with Gasteiger partial charge in [0.2, 0.25) is 0 Å². The van der Waals surface area contributed by atoms with E-state index >= 15 is 0 Å². The molecule has 0 aliphatic carbocycles. The number of hydrogen-bond acceptors (Lipinski definition) is 1. The molecule has 10 aliphatic heterocycles. The molecule has 19 heavy (non-hydrogen) atoms. The van der Waals surface area contributed by atoms with Crippen molar-refractivity contribution in [2.75, 3.05) is 0 Å². The van der Waals surface area contributed by atoms with Crippen LogP contribution >= 0.6 is 15.9 Å². The van der Waals surface area contributed by atoms with Gasteiger partial charge in [0.25, 0.3) is 0 Å². The number of rotatable bonds is 3. The van der Waals surface area contributed by atoms with Crippen LogP contribution in [0.3, 0.4) is 0 Å². The molecule has 0 saturated carbocycles. The van der Waals surface area contributed by atoms with Crippen molar-refractivity contribution in [1.29, 1.82) is 0 Å². The standard InChI is InChI=1S/C11H15O.C5H4Br.Fe/c1-4-9-6-11(8(3)12)7-10(9)5-2;6-5-3-1-2-4-5;/h6-7H,4-5H2,1-3H3;1-4H;. The fourth-order valence-electron chi connectivity index (χ4n) is 20.9. The first kappa shape index (κ1) is 8.34. The zero-order valence-corrected chi connectivity index (χ0v) is 14.2. The number of halogens is 1. The number of fused-ring (bicyclic) bond motifs is 10. The van der Waals surface area contributed by atoms with E-state index < -0.39 is 6.51 Å².